The molecule has 18 heavy (non-hydrogen) atoms. The minimum absolute atomic E-state index is 0.120. The first-order valence-electron chi connectivity index (χ1n) is 4.56. The molecule has 0 saturated carbocycles. The second-order valence-corrected chi connectivity index (χ2v) is 5.61. The number of thiazole rings is 1. The fourth-order valence-corrected chi connectivity index (χ4v) is 2.23. The van der Waals surface area contributed by atoms with E-state index in [9.17, 15) is 9.59 Å². The summed E-state index contributed by atoms with van der Waals surface area (Å²) >= 11 is 10.1. The molecule has 0 aliphatic heterocycles. The monoisotopic (exact) mass is 346 g/mol. The Morgan fingerprint density at radius 2 is 2.28 bits per heavy atom. The van der Waals surface area contributed by atoms with Crippen molar-refractivity contribution >= 4 is 56.3 Å². The Kier molecular flexibility index (Phi) is 4.05. The summed E-state index contributed by atoms with van der Waals surface area (Å²) < 4.78 is 0.572. The van der Waals surface area contributed by atoms with E-state index in [1.165, 1.54) is 34.9 Å². The second kappa shape index (κ2) is 5.55. The first kappa shape index (κ1) is 13.1. The zero-order valence-electron chi connectivity index (χ0n) is 8.59. The van der Waals surface area contributed by atoms with Crippen LogP contribution in [0.5, 0.6) is 0 Å². The average molecular weight is 348 g/mol. The molecule has 0 amide bonds. The average Bonchev–Trinajstić information content (AvgIpc) is 2.74. The van der Waals surface area contributed by atoms with Crippen LogP contribution in [0.2, 0.25) is 0 Å². The molecule has 0 spiro atoms. The molecular formula is C10H4BrClN2O3S. The van der Waals surface area contributed by atoms with Gasteiger partial charge in [0.1, 0.15) is 5.71 Å². The van der Waals surface area contributed by atoms with Crippen molar-refractivity contribution < 1.29 is 14.4 Å². The molecule has 1 aliphatic carbocycles. The minimum Gasteiger partial charge on any atom is -0.310 e. The van der Waals surface area contributed by atoms with Gasteiger partial charge in [-0.15, -0.1) is 11.3 Å². The molecule has 0 N–H and O–H groups in total. The Balaban J connectivity index is 2.08. The number of carbonyl (C=O) groups excluding carboxylic acids is 2. The molecule has 1 aliphatic rings. The molecule has 5 nitrogen and oxygen atoms in total. The molecular weight excluding hydrogens is 344 g/mol. The summed E-state index contributed by atoms with van der Waals surface area (Å²) in [4.78, 5) is 31.0. The van der Waals surface area contributed by atoms with Crippen molar-refractivity contribution in [1.82, 2.24) is 4.98 Å². The van der Waals surface area contributed by atoms with Crippen LogP contribution in [0.3, 0.4) is 0 Å². The zero-order valence-corrected chi connectivity index (χ0v) is 11.8. The van der Waals surface area contributed by atoms with Crippen LogP contribution >= 0.6 is 38.9 Å². The topological polar surface area (TPSA) is 68.6 Å². The van der Waals surface area contributed by atoms with Gasteiger partial charge in [-0.25, -0.2) is 9.78 Å². The Labute approximate surface area is 119 Å². The van der Waals surface area contributed by atoms with Crippen LogP contribution in [0, 0.1) is 0 Å². The third kappa shape index (κ3) is 3.12. The van der Waals surface area contributed by atoms with Gasteiger partial charge in [0.25, 0.3) is 0 Å². The molecule has 0 saturated heterocycles. The van der Waals surface area contributed by atoms with Gasteiger partial charge in [0.15, 0.2) is 15.4 Å². The van der Waals surface area contributed by atoms with E-state index >= 15 is 0 Å². The fraction of sp³-hybridized carbons (Fsp3) is 0. The lowest BCUT2D eigenvalue weighted by atomic mass is 10.2. The van der Waals surface area contributed by atoms with Gasteiger partial charge >= 0.3 is 5.97 Å². The minimum atomic E-state index is -0.695. The number of rotatable bonds is 2. The van der Waals surface area contributed by atoms with Crippen LogP contribution in [0.15, 0.2) is 37.7 Å². The van der Waals surface area contributed by atoms with Crippen LogP contribution in [0.4, 0.5) is 0 Å². The molecule has 0 bridgehead atoms. The summed E-state index contributed by atoms with van der Waals surface area (Å²) in [5.74, 6) is -0.937. The van der Waals surface area contributed by atoms with Crippen LogP contribution in [0.1, 0.15) is 10.5 Å². The quantitative estimate of drug-likeness (QED) is 0.468. The molecule has 8 heteroatoms. The van der Waals surface area contributed by atoms with Gasteiger partial charge in [-0.1, -0.05) is 16.8 Å². The van der Waals surface area contributed by atoms with Gasteiger partial charge in [0.05, 0.1) is 5.03 Å². The van der Waals surface area contributed by atoms with E-state index in [-0.39, 0.29) is 22.2 Å². The van der Waals surface area contributed by atoms with E-state index < -0.39 is 5.97 Å². The van der Waals surface area contributed by atoms with E-state index in [4.69, 9.17) is 11.6 Å². The van der Waals surface area contributed by atoms with Gasteiger partial charge < -0.3 is 4.84 Å². The number of oxime groups is 1. The summed E-state index contributed by atoms with van der Waals surface area (Å²) in [7, 11) is 0. The summed E-state index contributed by atoms with van der Waals surface area (Å²) in [6.45, 7) is 0. The van der Waals surface area contributed by atoms with Gasteiger partial charge in [-0.2, -0.15) is 0 Å². The maximum Gasteiger partial charge on any atom is 0.384 e. The molecule has 0 aromatic carbocycles. The van der Waals surface area contributed by atoms with E-state index in [1.807, 2.05) is 0 Å². The SMILES string of the molecule is O=C1C=C/C(=N\OC(=O)c2csc(Br)n2)C(Cl)=C1. The van der Waals surface area contributed by atoms with Crippen LogP contribution < -0.4 is 0 Å². The molecule has 2 rings (SSSR count). The maximum atomic E-state index is 11.5. The van der Waals surface area contributed by atoms with Crippen LogP contribution in [-0.2, 0) is 9.63 Å². The fourth-order valence-electron chi connectivity index (χ4n) is 1.04. The smallest absolute Gasteiger partial charge is 0.310 e. The number of allylic oxidation sites excluding steroid dienone is 4. The molecule has 0 radical (unpaired) electrons. The number of hydrogen-bond donors (Lipinski definition) is 0. The summed E-state index contributed by atoms with van der Waals surface area (Å²) in [5, 5.41) is 5.21. The largest absolute Gasteiger partial charge is 0.384 e. The normalized spacial score (nSPS) is 16.9. The first-order valence-corrected chi connectivity index (χ1v) is 6.61. The lowest BCUT2D eigenvalue weighted by Crippen LogP contribution is -2.07. The Hall–Kier alpha value is -1.31. The highest BCUT2D eigenvalue weighted by Crippen LogP contribution is 2.17. The predicted molar refractivity (Wildman–Crippen MR) is 70.7 cm³/mol. The van der Waals surface area contributed by atoms with E-state index in [0.29, 0.717) is 3.92 Å². The number of hydrogen-bond acceptors (Lipinski definition) is 6. The van der Waals surface area contributed by atoms with Gasteiger partial charge in [0, 0.05) is 11.5 Å². The molecule has 1 aromatic heterocycles. The third-order valence-corrected chi connectivity index (χ3v) is 3.50. The Morgan fingerprint density at radius 1 is 1.50 bits per heavy atom. The van der Waals surface area contributed by atoms with Crippen molar-refractivity contribution in [1.29, 1.82) is 0 Å². The lowest BCUT2D eigenvalue weighted by Gasteiger charge is -2.02. The van der Waals surface area contributed by atoms with Crippen molar-refractivity contribution in [2.75, 3.05) is 0 Å². The summed E-state index contributed by atoms with van der Waals surface area (Å²) in [6, 6.07) is 0. The standard InChI is InChI=1S/C10H4BrClN2O3S/c11-10-13-8(4-18-10)9(16)17-14-7-2-1-5(15)3-6(7)12/h1-4H/b14-7+. The van der Waals surface area contributed by atoms with Gasteiger partial charge in [-0.3, -0.25) is 4.79 Å². The number of aromatic nitrogens is 1. The number of halogens is 2. The van der Waals surface area contributed by atoms with Crippen molar-refractivity contribution in [2.45, 2.75) is 0 Å². The molecule has 0 fully saturated rings. The third-order valence-electron chi connectivity index (χ3n) is 1.83. The Bertz CT molecular complexity index is 606. The molecule has 92 valence electrons. The summed E-state index contributed by atoms with van der Waals surface area (Å²) in [6.07, 6.45) is 3.83. The van der Waals surface area contributed by atoms with Crippen molar-refractivity contribution in [3.8, 4) is 0 Å². The van der Waals surface area contributed by atoms with Gasteiger partial charge in [-0.05, 0) is 28.1 Å². The van der Waals surface area contributed by atoms with Crippen molar-refractivity contribution in [3.63, 3.8) is 0 Å². The molecule has 0 atom stereocenters. The zero-order chi connectivity index (χ0) is 13.1. The molecule has 1 heterocycles. The first-order chi connectivity index (χ1) is 8.56. The van der Waals surface area contributed by atoms with Crippen LogP contribution in [0.25, 0.3) is 0 Å². The maximum absolute atomic E-state index is 11.5. The molecule has 1 aromatic rings. The number of nitrogens with zero attached hydrogens (tertiary/aromatic N) is 2. The Morgan fingerprint density at radius 3 is 2.89 bits per heavy atom. The second-order valence-electron chi connectivity index (χ2n) is 3.07. The van der Waals surface area contributed by atoms with Crippen molar-refractivity contribution in [2.24, 2.45) is 5.16 Å². The van der Waals surface area contributed by atoms with E-state index in [0.717, 1.165) is 0 Å². The van der Waals surface area contributed by atoms with Gasteiger partial charge in [0.2, 0.25) is 0 Å². The van der Waals surface area contributed by atoms with Crippen molar-refractivity contribution in [3.05, 3.63) is 38.3 Å². The highest BCUT2D eigenvalue weighted by Gasteiger charge is 2.14. The van der Waals surface area contributed by atoms with Crippen LogP contribution in [-0.4, -0.2) is 22.4 Å². The number of carbonyl (C=O) groups is 2. The van der Waals surface area contributed by atoms with E-state index in [1.54, 1.807) is 0 Å². The number of ketones is 1. The highest BCUT2D eigenvalue weighted by molar-refractivity contribution is 9.11. The highest BCUT2D eigenvalue weighted by atomic mass is 79.9. The lowest BCUT2D eigenvalue weighted by molar-refractivity contribution is -0.110. The van der Waals surface area contributed by atoms with E-state index in [2.05, 4.69) is 30.9 Å². The predicted octanol–water partition coefficient (Wildman–Crippen LogP) is 2.68. The summed E-state index contributed by atoms with van der Waals surface area (Å²) in [5.41, 5.74) is 0.353. The molecule has 0 unspecified atom stereocenters.